The van der Waals surface area contributed by atoms with E-state index in [1.165, 1.54) is 4.68 Å². The fourth-order valence-electron chi connectivity index (χ4n) is 3.80. The van der Waals surface area contributed by atoms with Gasteiger partial charge in [0.15, 0.2) is 0 Å². The molecule has 2 aliphatic rings. The summed E-state index contributed by atoms with van der Waals surface area (Å²) in [7, 11) is -5.71. The maximum atomic E-state index is 12.6. The number of aryl methyl sites for hydroxylation is 1. The molecule has 2 aliphatic heterocycles. The van der Waals surface area contributed by atoms with Gasteiger partial charge in [-0.25, -0.2) is 4.79 Å². The fourth-order valence-corrected chi connectivity index (χ4v) is 4.27. The molecule has 0 N–H and O–H groups in total. The van der Waals surface area contributed by atoms with E-state index in [1.807, 2.05) is 0 Å². The Morgan fingerprint density at radius 2 is 1.90 bits per heavy atom. The minimum atomic E-state index is -5.71. The number of carbonyl (C=O) groups is 1. The second-order valence-corrected chi connectivity index (χ2v) is 10.3. The number of halogens is 3. The van der Waals surface area contributed by atoms with Gasteiger partial charge in [-0.3, -0.25) is 8.86 Å². The number of hydrogen-bond donors (Lipinski definition) is 0. The van der Waals surface area contributed by atoms with Gasteiger partial charge in [0.1, 0.15) is 17.2 Å². The number of piperidine rings is 1. The van der Waals surface area contributed by atoms with Crippen molar-refractivity contribution in [1.29, 1.82) is 0 Å². The lowest BCUT2D eigenvalue weighted by Crippen LogP contribution is -2.51. The first-order chi connectivity index (χ1) is 14.2. The summed E-state index contributed by atoms with van der Waals surface area (Å²) in [5.41, 5.74) is -5.48. The van der Waals surface area contributed by atoms with Gasteiger partial charge >= 0.3 is 21.7 Å². The molecular weight excluding hydrogens is 443 g/mol. The summed E-state index contributed by atoms with van der Waals surface area (Å²) in [5.74, 6) is 0. The van der Waals surface area contributed by atoms with Crippen LogP contribution in [-0.2, 0) is 29.4 Å². The first kappa shape index (κ1) is 23.8. The van der Waals surface area contributed by atoms with Crippen molar-refractivity contribution >= 4 is 16.2 Å². The first-order valence-corrected chi connectivity index (χ1v) is 11.2. The van der Waals surface area contributed by atoms with Crippen LogP contribution in [0.5, 0.6) is 0 Å². The molecule has 176 valence electrons. The Hall–Kier alpha value is -1.86. The molecule has 0 saturated carbocycles. The molecule has 1 saturated heterocycles. The molecule has 1 aromatic rings. The van der Waals surface area contributed by atoms with Gasteiger partial charge in [-0.05, 0) is 46.1 Å². The first-order valence-electron chi connectivity index (χ1n) is 9.77. The Kier molecular flexibility index (Phi) is 6.08. The monoisotopic (exact) mass is 469 g/mol. The Labute approximate surface area is 178 Å². The van der Waals surface area contributed by atoms with Crippen LogP contribution >= 0.6 is 0 Å². The number of amides is 1. The van der Waals surface area contributed by atoms with Crippen molar-refractivity contribution < 1.29 is 40.0 Å². The Balaban J connectivity index is 1.74. The van der Waals surface area contributed by atoms with Crippen LogP contribution in [0.2, 0.25) is 0 Å². The number of rotatable bonds is 3. The molecule has 0 radical (unpaired) electrons. The van der Waals surface area contributed by atoms with Crippen LogP contribution in [-0.4, -0.2) is 66.6 Å². The SMILES string of the molecule is Cc1cnn2c1C1(CCN(C(=O)OC(C)(C)C)CC1)OCC2COS(=O)(=O)C(F)(F)F. The summed E-state index contributed by atoms with van der Waals surface area (Å²) >= 11 is 0. The third-order valence-electron chi connectivity index (χ3n) is 5.23. The van der Waals surface area contributed by atoms with Crippen molar-refractivity contribution in [2.75, 3.05) is 26.3 Å². The summed E-state index contributed by atoms with van der Waals surface area (Å²) < 4.78 is 77.3. The molecule has 3 heterocycles. The van der Waals surface area contributed by atoms with E-state index in [4.69, 9.17) is 9.47 Å². The highest BCUT2D eigenvalue weighted by molar-refractivity contribution is 7.87. The fraction of sp³-hybridized carbons (Fsp3) is 0.778. The van der Waals surface area contributed by atoms with Crippen molar-refractivity contribution in [2.24, 2.45) is 0 Å². The molecule has 1 amide bonds. The zero-order valence-electron chi connectivity index (χ0n) is 17.7. The molecule has 1 aromatic heterocycles. The van der Waals surface area contributed by atoms with Gasteiger partial charge in [-0.1, -0.05) is 0 Å². The molecule has 0 aromatic carbocycles. The number of nitrogens with zero attached hydrogens (tertiary/aromatic N) is 3. The number of hydrogen-bond acceptors (Lipinski definition) is 7. The Bertz CT molecular complexity index is 930. The van der Waals surface area contributed by atoms with Crippen molar-refractivity contribution in [3.63, 3.8) is 0 Å². The number of carbonyl (C=O) groups excluding carboxylic acids is 1. The van der Waals surface area contributed by atoms with Crippen LogP contribution in [0, 0.1) is 6.92 Å². The van der Waals surface area contributed by atoms with Gasteiger partial charge in [0, 0.05) is 13.1 Å². The smallest absolute Gasteiger partial charge is 0.444 e. The van der Waals surface area contributed by atoms with Gasteiger partial charge in [0.2, 0.25) is 0 Å². The molecule has 0 aliphatic carbocycles. The van der Waals surface area contributed by atoms with Crippen molar-refractivity contribution in [1.82, 2.24) is 14.7 Å². The molecule has 31 heavy (non-hydrogen) atoms. The van der Waals surface area contributed by atoms with Gasteiger partial charge in [0.25, 0.3) is 0 Å². The summed E-state index contributed by atoms with van der Waals surface area (Å²) in [5, 5.41) is 4.23. The van der Waals surface area contributed by atoms with E-state index >= 15 is 0 Å². The standard InChI is InChI=1S/C18H26F3N3O6S/c1-12-9-22-24-13(11-29-31(26,27)18(19,20)21)10-28-17(14(12)24)5-7-23(8-6-17)15(25)30-16(2,3)4/h9,13H,5-8,10-11H2,1-4H3. The average Bonchev–Trinajstić information content (AvgIpc) is 3.02. The van der Waals surface area contributed by atoms with Gasteiger partial charge in [-0.2, -0.15) is 26.7 Å². The largest absolute Gasteiger partial charge is 0.523 e. The summed E-state index contributed by atoms with van der Waals surface area (Å²) in [6, 6.07) is -0.838. The van der Waals surface area contributed by atoms with E-state index in [2.05, 4.69) is 9.28 Å². The minimum absolute atomic E-state index is 0.0755. The van der Waals surface area contributed by atoms with Crippen molar-refractivity contribution in [2.45, 2.75) is 63.3 Å². The van der Waals surface area contributed by atoms with Crippen molar-refractivity contribution in [3.05, 3.63) is 17.5 Å². The molecule has 1 spiro atoms. The number of alkyl halides is 3. The van der Waals surface area contributed by atoms with Crippen LogP contribution in [0.15, 0.2) is 6.20 Å². The van der Waals surface area contributed by atoms with E-state index in [-0.39, 0.29) is 6.61 Å². The number of likely N-dealkylation sites (tertiary alicyclic amines) is 1. The van der Waals surface area contributed by atoms with E-state index in [1.54, 1.807) is 38.8 Å². The number of fused-ring (bicyclic) bond motifs is 2. The number of ether oxygens (including phenoxy) is 2. The lowest BCUT2D eigenvalue weighted by atomic mass is 9.84. The van der Waals surface area contributed by atoms with E-state index in [0.717, 1.165) is 5.56 Å². The van der Waals surface area contributed by atoms with Crippen LogP contribution in [0.25, 0.3) is 0 Å². The van der Waals surface area contributed by atoms with Crippen LogP contribution in [0.1, 0.15) is 50.9 Å². The predicted molar refractivity (Wildman–Crippen MR) is 102 cm³/mol. The molecule has 1 fully saturated rings. The van der Waals surface area contributed by atoms with E-state index < -0.39 is 45.6 Å². The molecule has 13 heteroatoms. The molecule has 3 rings (SSSR count). The zero-order valence-corrected chi connectivity index (χ0v) is 18.5. The predicted octanol–water partition coefficient (Wildman–Crippen LogP) is 2.86. The molecular formula is C18H26F3N3O6S. The summed E-state index contributed by atoms with van der Waals surface area (Å²) in [6.45, 7) is 7.04. The normalized spacial score (nSPS) is 21.8. The van der Waals surface area contributed by atoms with E-state index in [9.17, 15) is 26.4 Å². The third kappa shape index (κ3) is 4.82. The van der Waals surface area contributed by atoms with Crippen LogP contribution in [0.4, 0.5) is 18.0 Å². The lowest BCUT2D eigenvalue weighted by molar-refractivity contribution is -0.129. The minimum Gasteiger partial charge on any atom is -0.444 e. The van der Waals surface area contributed by atoms with Gasteiger partial charge in [-0.15, -0.1) is 0 Å². The van der Waals surface area contributed by atoms with E-state index in [0.29, 0.717) is 31.6 Å². The quantitative estimate of drug-likeness (QED) is 0.496. The Morgan fingerprint density at radius 3 is 2.45 bits per heavy atom. The second kappa shape index (κ2) is 7.93. The maximum absolute atomic E-state index is 12.6. The molecule has 1 unspecified atom stereocenters. The molecule has 1 atom stereocenters. The zero-order chi connectivity index (χ0) is 23.2. The maximum Gasteiger partial charge on any atom is 0.523 e. The summed E-state index contributed by atoms with van der Waals surface area (Å²) in [6.07, 6.45) is 2.00. The third-order valence-corrected chi connectivity index (χ3v) is 6.24. The van der Waals surface area contributed by atoms with Crippen LogP contribution in [0.3, 0.4) is 0 Å². The topological polar surface area (TPSA) is 100.0 Å². The highest BCUT2D eigenvalue weighted by Gasteiger charge is 2.50. The lowest BCUT2D eigenvalue weighted by Gasteiger charge is -2.46. The molecule has 0 bridgehead atoms. The van der Waals surface area contributed by atoms with Gasteiger partial charge in [0.05, 0.1) is 25.1 Å². The highest BCUT2D eigenvalue weighted by atomic mass is 32.2. The van der Waals surface area contributed by atoms with Gasteiger partial charge < -0.3 is 14.4 Å². The van der Waals surface area contributed by atoms with Crippen molar-refractivity contribution in [3.8, 4) is 0 Å². The summed E-state index contributed by atoms with van der Waals surface area (Å²) in [4.78, 5) is 13.9. The second-order valence-electron chi connectivity index (χ2n) is 8.73. The average molecular weight is 469 g/mol. The number of aromatic nitrogens is 2. The van der Waals surface area contributed by atoms with Crippen LogP contribution < -0.4 is 0 Å². The Morgan fingerprint density at radius 1 is 1.29 bits per heavy atom. The molecule has 9 nitrogen and oxygen atoms in total. The highest BCUT2D eigenvalue weighted by Crippen LogP contribution is 2.43.